The second kappa shape index (κ2) is 5.29. The highest BCUT2D eigenvalue weighted by Crippen LogP contribution is 2.34. The molecule has 20 heavy (non-hydrogen) atoms. The summed E-state index contributed by atoms with van der Waals surface area (Å²) in [6, 6.07) is 9.60. The summed E-state index contributed by atoms with van der Waals surface area (Å²) in [6.07, 6.45) is 4.13. The summed E-state index contributed by atoms with van der Waals surface area (Å²) in [4.78, 5) is 2.48. The number of phenolic OH excluding ortho intramolecular Hbond substituents is 1. The van der Waals surface area contributed by atoms with Gasteiger partial charge >= 0.3 is 0 Å². The molecule has 0 amide bonds. The van der Waals surface area contributed by atoms with Crippen molar-refractivity contribution < 1.29 is 5.11 Å². The third-order valence-electron chi connectivity index (χ3n) is 4.45. The lowest BCUT2D eigenvalue weighted by Crippen LogP contribution is -2.40. The molecule has 0 saturated carbocycles. The van der Waals surface area contributed by atoms with Gasteiger partial charge in [0.25, 0.3) is 0 Å². The number of hydrogen-bond donors (Lipinski definition) is 2. The molecule has 1 aromatic heterocycles. The fourth-order valence-electron chi connectivity index (χ4n) is 2.93. The van der Waals surface area contributed by atoms with Gasteiger partial charge in [0.1, 0.15) is 5.75 Å². The summed E-state index contributed by atoms with van der Waals surface area (Å²) >= 11 is 0. The first-order chi connectivity index (χ1) is 9.66. The van der Waals surface area contributed by atoms with Gasteiger partial charge in [-0.2, -0.15) is 5.10 Å². The molecule has 2 N–H and O–H groups in total. The Balaban J connectivity index is 1.60. The number of nitrogens with zero attached hydrogens (tertiary/aromatic N) is 2. The molecule has 0 atom stereocenters. The molecule has 3 rings (SSSR count). The van der Waals surface area contributed by atoms with Crippen molar-refractivity contribution in [2.45, 2.75) is 31.7 Å². The van der Waals surface area contributed by atoms with E-state index in [2.05, 4.69) is 28.1 Å². The van der Waals surface area contributed by atoms with Gasteiger partial charge in [-0.1, -0.05) is 19.1 Å². The number of nitrogens with one attached hydrogen (secondary N) is 1. The van der Waals surface area contributed by atoms with Crippen LogP contribution >= 0.6 is 0 Å². The molecule has 2 heterocycles. The minimum Gasteiger partial charge on any atom is -0.508 e. The van der Waals surface area contributed by atoms with Crippen LogP contribution in [0.2, 0.25) is 0 Å². The number of aromatic amines is 1. The summed E-state index contributed by atoms with van der Waals surface area (Å²) in [6.45, 7) is 5.46. The summed E-state index contributed by atoms with van der Waals surface area (Å²) in [5.41, 5.74) is 2.73. The molecule has 0 spiro atoms. The topological polar surface area (TPSA) is 52.2 Å². The van der Waals surface area contributed by atoms with Crippen molar-refractivity contribution in [1.82, 2.24) is 15.1 Å². The van der Waals surface area contributed by atoms with Crippen LogP contribution in [0.1, 0.15) is 31.0 Å². The van der Waals surface area contributed by atoms with E-state index in [0.717, 1.165) is 32.5 Å². The molecule has 4 nitrogen and oxygen atoms in total. The number of H-pyrrole nitrogens is 1. The van der Waals surface area contributed by atoms with E-state index in [-0.39, 0.29) is 5.41 Å². The van der Waals surface area contributed by atoms with E-state index >= 15 is 0 Å². The minimum absolute atomic E-state index is 0.224. The van der Waals surface area contributed by atoms with Crippen LogP contribution in [-0.4, -0.2) is 33.3 Å². The van der Waals surface area contributed by atoms with Crippen LogP contribution < -0.4 is 0 Å². The van der Waals surface area contributed by atoms with E-state index in [1.807, 2.05) is 18.3 Å². The third kappa shape index (κ3) is 2.70. The Labute approximate surface area is 119 Å². The summed E-state index contributed by atoms with van der Waals surface area (Å²) in [5, 5.41) is 16.5. The van der Waals surface area contributed by atoms with Gasteiger partial charge in [-0.05, 0) is 49.7 Å². The van der Waals surface area contributed by atoms with Gasteiger partial charge in [0, 0.05) is 23.9 Å². The van der Waals surface area contributed by atoms with E-state index < -0.39 is 0 Å². The fourth-order valence-corrected chi connectivity index (χ4v) is 2.93. The number of hydrogen-bond acceptors (Lipinski definition) is 3. The summed E-state index contributed by atoms with van der Waals surface area (Å²) in [5.74, 6) is 0.333. The highest BCUT2D eigenvalue weighted by Gasteiger charge is 2.32. The number of aromatic nitrogens is 2. The zero-order chi connectivity index (χ0) is 14.0. The van der Waals surface area contributed by atoms with Gasteiger partial charge in [-0.15, -0.1) is 0 Å². The lowest BCUT2D eigenvalue weighted by molar-refractivity contribution is 0.159. The number of phenols is 1. The highest BCUT2D eigenvalue weighted by atomic mass is 16.3. The van der Waals surface area contributed by atoms with Crippen molar-refractivity contribution >= 4 is 0 Å². The Kier molecular flexibility index (Phi) is 3.49. The first-order valence-corrected chi connectivity index (χ1v) is 7.16. The third-order valence-corrected chi connectivity index (χ3v) is 4.45. The zero-order valence-electron chi connectivity index (χ0n) is 11.8. The van der Waals surface area contributed by atoms with Crippen LogP contribution in [0, 0.1) is 0 Å². The predicted octanol–water partition coefficient (Wildman–Crippen LogP) is 2.67. The molecular weight excluding hydrogens is 250 g/mol. The first-order valence-electron chi connectivity index (χ1n) is 7.16. The SMILES string of the molecule is CC1(c2ccn[nH]2)CCN(Cc2ccc(O)cc2)CC1. The number of rotatable bonds is 3. The lowest BCUT2D eigenvalue weighted by atomic mass is 9.77. The smallest absolute Gasteiger partial charge is 0.115 e. The Morgan fingerprint density at radius 2 is 1.90 bits per heavy atom. The largest absolute Gasteiger partial charge is 0.508 e. The van der Waals surface area contributed by atoms with Crippen LogP contribution in [0.4, 0.5) is 0 Å². The minimum atomic E-state index is 0.224. The molecule has 0 bridgehead atoms. The summed E-state index contributed by atoms with van der Waals surface area (Å²) < 4.78 is 0. The monoisotopic (exact) mass is 271 g/mol. The van der Waals surface area contributed by atoms with E-state index in [4.69, 9.17) is 0 Å². The normalized spacial score (nSPS) is 19.1. The zero-order valence-corrected chi connectivity index (χ0v) is 11.8. The van der Waals surface area contributed by atoms with E-state index in [1.54, 1.807) is 12.1 Å². The average molecular weight is 271 g/mol. The standard InChI is InChI=1S/C16H21N3O/c1-16(15-6-9-17-18-15)7-10-19(11-8-16)12-13-2-4-14(20)5-3-13/h2-6,9,20H,7-8,10-12H2,1H3,(H,17,18). The van der Waals surface area contributed by atoms with E-state index in [1.165, 1.54) is 11.3 Å². The first kappa shape index (κ1) is 13.2. The van der Waals surface area contributed by atoms with Crippen molar-refractivity contribution in [2.24, 2.45) is 0 Å². The van der Waals surface area contributed by atoms with Gasteiger partial charge in [-0.25, -0.2) is 0 Å². The van der Waals surface area contributed by atoms with Crippen molar-refractivity contribution in [3.8, 4) is 5.75 Å². The quantitative estimate of drug-likeness (QED) is 0.902. The number of benzene rings is 1. The molecule has 1 fully saturated rings. The van der Waals surface area contributed by atoms with Gasteiger partial charge < -0.3 is 5.11 Å². The fraction of sp³-hybridized carbons (Fsp3) is 0.438. The Bertz CT molecular complexity index is 540. The molecule has 0 aliphatic carbocycles. The summed E-state index contributed by atoms with van der Waals surface area (Å²) in [7, 11) is 0. The maximum atomic E-state index is 9.31. The van der Waals surface area contributed by atoms with Gasteiger partial charge in [0.2, 0.25) is 0 Å². The van der Waals surface area contributed by atoms with Crippen LogP contribution in [0.3, 0.4) is 0 Å². The lowest BCUT2D eigenvalue weighted by Gasteiger charge is -2.38. The number of aromatic hydroxyl groups is 1. The molecule has 1 saturated heterocycles. The molecule has 4 heteroatoms. The molecule has 1 aliphatic heterocycles. The highest BCUT2D eigenvalue weighted by molar-refractivity contribution is 5.26. The Morgan fingerprint density at radius 1 is 1.20 bits per heavy atom. The van der Waals surface area contributed by atoms with Crippen LogP contribution in [-0.2, 0) is 12.0 Å². The van der Waals surface area contributed by atoms with Gasteiger partial charge in [0.15, 0.2) is 0 Å². The maximum absolute atomic E-state index is 9.31. The Morgan fingerprint density at radius 3 is 2.50 bits per heavy atom. The number of likely N-dealkylation sites (tertiary alicyclic amines) is 1. The van der Waals surface area contributed by atoms with Gasteiger partial charge in [-0.3, -0.25) is 10.00 Å². The van der Waals surface area contributed by atoms with Crippen LogP contribution in [0.25, 0.3) is 0 Å². The van der Waals surface area contributed by atoms with Gasteiger partial charge in [0.05, 0.1) is 0 Å². The van der Waals surface area contributed by atoms with Crippen molar-refractivity contribution in [1.29, 1.82) is 0 Å². The second-order valence-electron chi connectivity index (χ2n) is 5.97. The van der Waals surface area contributed by atoms with Crippen LogP contribution in [0.5, 0.6) is 5.75 Å². The predicted molar refractivity (Wildman–Crippen MR) is 78.6 cm³/mol. The van der Waals surface area contributed by atoms with E-state index in [9.17, 15) is 5.11 Å². The molecule has 1 aliphatic rings. The molecule has 0 radical (unpaired) electrons. The Hall–Kier alpha value is -1.81. The van der Waals surface area contributed by atoms with Crippen molar-refractivity contribution in [3.05, 3.63) is 47.8 Å². The number of piperidine rings is 1. The second-order valence-corrected chi connectivity index (χ2v) is 5.97. The van der Waals surface area contributed by atoms with Crippen molar-refractivity contribution in [3.63, 3.8) is 0 Å². The molecular formula is C16H21N3O. The van der Waals surface area contributed by atoms with Crippen LogP contribution in [0.15, 0.2) is 36.5 Å². The molecule has 1 aromatic carbocycles. The van der Waals surface area contributed by atoms with Crippen molar-refractivity contribution in [2.75, 3.05) is 13.1 Å². The molecule has 2 aromatic rings. The average Bonchev–Trinajstić information content (AvgIpc) is 2.99. The molecule has 0 unspecified atom stereocenters. The van der Waals surface area contributed by atoms with E-state index in [0.29, 0.717) is 5.75 Å². The molecule has 106 valence electrons. The maximum Gasteiger partial charge on any atom is 0.115 e.